The highest BCUT2D eigenvalue weighted by atomic mass is 35.5. The molecule has 1 heterocycles. The third-order valence-corrected chi connectivity index (χ3v) is 5.43. The van der Waals surface area contributed by atoms with Crippen molar-refractivity contribution >= 4 is 27.3 Å². The number of hydrogen-bond acceptors (Lipinski definition) is 4. The van der Waals surface area contributed by atoms with Gasteiger partial charge in [-0.15, -0.1) is 0 Å². The summed E-state index contributed by atoms with van der Waals surface area (Å²) in [5.74, 6) is 0.0476. The minimum Gasteiger partial charge on any atom is -0.455 e. The lowest BCUT2D eigenvalue weighted by Crippen LogP contribution is -2.24. The number of rotatable bonds is 8. The quantitative estimate of drug-likeness (QED) is 0.751. The largest absolute Gasteiger partial charge is 0.455 e. The van der Waals surface area contributed by atoms with Crippen LogP contribution in [0.1, 0.15) is 42.1 Å². The van der Waals surface area contributed by atoms with Gasteiger partial charge >= 0.3 is 0 Å². The fourth-order valence-corrected chi connectivity index (χ4v) is 3.96. The van der Waals surface area contributed by atoms with Crippen LogP contribution in [0, 0.1) is 5.92 Å². The SMILES string of the molecule is CC(C)CCNC(=O)c1ccc(CS(=O)(=O)Cc2ccccc2Cl)o1. The maximum atomic E-state index is 12.3. The third-order valence-electron chi connectivity index (χ3n) is 3.59. The van der Waals surface area contributed by atoms with Gasteiger partial charge in [-0.1, -0.05) is 43.6 Å². The Morgan fingerprint density at radius 3 is 2.56 bits per heavy atom. The van der Waals surface area contributed by atoms with Gasteiger partial charge in [-0.2, -0.15) is 0 Å². The highest BCUT2D eigenvalue weighted by Gasteiger charge is 2.19. The topological polar surface area (TPSA) is 76.4 Å². The minimum absolute atomic E-state index is 0.117. The Kier molecular flexibility index (Phi) is 6.67. The van der Waals surface area contributed by atoms with E-state index in [4.69, 9.17) is 16.0 Å². The van der Waals surface area contributed by atoms with Gasteiger partial charge in [0, 0.05) is 11.6 Å². The van der Waals surface area contributed by atoms with Crippen LogP contribution in [-0.4, -0.2) is 20.9 Å². The van der Waals surface area contributed by atoms with E-state index in [2.05, 4.69) is 19.2 Å². The summed E-state index contributed by atoms with van der Waals surface area (Å²) in [6.07, 6.45) is 0.867. The van der Waals surface area contributed by atoms with Crippen LogP contribution in [0.25, 0.3) is 0 Å². The molecule has 0 aliphatic heterocycles. The van der Waals surface area contributed by atoms with Crippen LogP contribution >= 0.6 is 11.6 Å². The van der Waals surface area contributed by atoms with Gasteiger partial charge in [0.25, 0.3) is 5.91 Å². The molecule has 1 amide bonds. The lowest BCUT2D eigenvalue weighted by Gasteiger charge is -2.06. The minimum atomic E-state index is -3.46. The molecule has 0 radical (unpaired) electrons. The normalized spacial score (nSPS) is 11.7. The van der Waals surface area contributed by atoms with Gasteiger partial charge in [0.2, 0.25) is 0 Å². The molecule has 0 aliphatic rings. The number of carbonyl (C=O) groups excluding carboxylic acids is 1. The third kappa shape index (κ3) is 6.21. The molecule has 2 aromatic rings. The van der Waals surface area contributed by atoms with Crippen molar-refractivity contribution in [2.24, 2.45) is 5.92 Å². The van der Waals surface area contributed by atoms with E-state index in [0.29, 0.717) is 23.0 Å². The first kappa shape index (κ1) is 19.5. The van der Waals surface area contributed by atoms with E-state index in [0.717, 1.165) is 6.42 Å². The van der Waals surface area contributed by atoms with Crippen molar-refractivity contribution in [3.8, 4) is 0 Å². The van der Waals surface area contributed by atoms with E-state index in [1.54, 1.807) is 24.3 Å². The van der Waals surface area contributed by atoms with Crippen LogP contribution in [0.2, 0.25) is 5.02 Å². The number of amides is 1. The molecule has 0 bridgehead atoms. The molecule has 25 heavy (non-hydrogen) atoms. The summed E-state index contributed by atoms with van der Waals surface area (Å²) in [5, 5.41) is 3.17. The Morgan fingerprint density at radius 1 is 1.16 bits per heavy atom. The standard InChI is InChI=1S/C18H22ClNO4S/c1-13(2)9-10-20-18(21)17-8-7-15(24-17)12-25(22,23)11-14-5-3-4-6-16(14)19/h3-8,13H,9-12H2,1-2H3,(H,20,21). The summed E-state index contributed by atoms with van der Waals surface area (Å²) in [7, 11) is -3.46. The van der Waals surface area contributed by atoms with E-state index in [1.807, 2.05) is 0 Å². The van der Waals surface area contributed by atoms with Crippen molar-refractivity contribution in [1.29, 1.82) is 0 Å². The van der Waals surface area contributed by atoms with Crippen molar-refractivity contribution in [2.75, 3.05) is 6.54 Å². The van der Waals surface area contributed by atoms with Gasteiger partial charge in [0.1, 0.15) is 11.5 Å². The first-order chi connectivity index (χ1) is 11.8. The fourth-order valence-electron chi connectivity index (χ4n) is 2.26. The molecule has 0 unspecified atom stereocenters. The van der Waals surface area contributed by atoms with Gasteiger partial charge in [-0.3, -0.25) is 4.79 Å². The molecular formula is C18H22ClNO4S. The molecule has 0 spiro atoms. The smallest absolute Gasteiger partial charge is 0.286 e. The summed E-state index contributed by atoms with van der Waals surface area (Å²) in [5.41, 5.74) is 0.544. The lowest BCUT2D eigenvalue weighted by atomic mass is 10.1. The predicted molar refractivity (Wildman–Crippen MR) is 98.3 cm³/mol. The van der Waals surface area contributed by atoms with Crippen molar-refractivity contribution in [2.45, 2.75) is 31.8 Å². The zero-order valence-corrected chi connectivity index (χ0v) is 15.9. The molecule has 2 rings (SSSR count). The summed E-state index contributed by atoms with van der Waals surface area (Å²) in [6, 6.07) is 9.82. The highest BCUT2D eigenvalue weighted by molar-refractivity contribution is 7.89. The number of sulfone groups is 1. The number of carbonyl (C=O) groups is 1. The highest BCUT2D eigenvalue weighted by Crippen LogP contribution is 2.20. The van der Waals surface area contributed by atoms with E-state index in [9.17, 15) is 13.2 Å². The van der Waals surface area contributed by atoms with E-state index >= 15 is 0 Å². The maximum absolute atomic E-state index is 12.3. The van der Waals surface area contributed by atoms with Crippen LogP contribution in [0.15, 0.2) is 40.8 Å². The van der Waals surface area contributed by atoms with Crippen molar-refractivity contribution in [3.63, 3.8) is 0 Å². The monoisotopic (exact) mass is 383 g/mol. The number of benzene rings is 1. The molecule has 0 saturated heterocycles. The number of halogens is 1. The number of nitrogens with one attached hydrogen (secondary N) is 1. The Bertz CT molecular complexity index is 827. The molecule has 136 valence electrons. The summed E-state index contributed by atoms with van der Waals surface area (Å²) >= 11 is 6.01. The Morgan fingerprint density at radius 2 is 1.88 bits per heavy atom. The zero-order chi connectivity index (χ0) is 18.4. The van der Waals surface area contributed by atoms with E-state index < -0.39 is 9.84 Å². The van der Waals surface area contributed by atoms with Gasteiger partial charge in [0.15, 0.2) is 15.6 Å². The molecule has 1 aromatic heterocycles. The molecule has 0 atom stereocenters. The first-order valence-corrected chi connectivity index (χ1v) is 10.3. The van der Waals surface area contributed by atoms with Crippen LogP contribution < -0.4 is 5.32 Å². The van der Waals surface area contributed by atoms with Gasteiger partial charge < -0.3 is 9.73 Å². The van der Waals surface area contributed by atoms with E-state index in [-0.39, 0.29) is 28.9 Å². The molecule has 5 nitrogen and oxygen atoms in total. The second-order valence-corrected chi connectivity index (χ2v) is 8.80. The van der Waals surface area contributed by atoms with Gasteiger partial charge in [-0.05, 0) is 36.1 Å². The van der Waals surface area contributed by atoms with Crippen molar-refractivity contribution < 1.29 is 17.6 Å². The molecule has 0 fully saturated rings. The van der Waals surface area contributed by atoms with Gasteiger partial charge in [-0.25, -0.2) is 8.42 Å². The fraction of sp³-hybridized carbons (Fsp3) is 0.389. The molecular weight excluding hydrogens is 362 g/mol. The molecule has 0 saturated carbocycles. The molecule has 1 N–H and O–H groups in total. The molecule has 7 heteroatoms. The lowest BCUT2D eigenvalue weighted by molar-refractivity contribution is 0.0923. The predicted octanol–water partition coefficient (Wildman–Crippen LogP) is 3.82. The summed E-state index contributed by atoms with van der Waals surface area (Å²) in [6.45, 7) is 4.69. The van der Waals surface area contributed by atoms with Crippen LogP contribution in [0.3, 0.4) is 0 Å². The Labute approximate surface area is 153 Å². The van der Waals surface area contributed by atoms with Crippen molar-refractivity contribution in [3.05, 3.63) is 58.5 Å². The first-order valence-electron chi connectivity index (χ1n) is 8.07. The van der Waals surface area contributed by atoms with Gasteiger partial charge in [0.05, 0.1) is 5.75 Å². The van der Waals surface area contributed by atoms with E-state index in [1.165, 1.54) is 12.1 Å². The second-order valence-electron chi connectivity index (χ2n) is 6.33. The Balaban J connectivity index is 1.98. The molecule has 1 aromatic carbocycles. The Hall–Kier alpha value is -1.79. The summed E-state index contributed by atoms with van der Waals surface area (Å²) < 4.78 is 30.0. The summed E-state index contributed by atoms with van der Waals surface area (Å²) in [4.78, 5) is 12.0. The van der Waals surface area contributed by atoms with Crippen LogP contribution in [0.5, 0.6) is 0 Å². The molecule has 0 aliphatic carbocycles. The van der Waals surface area contributed by atoms with Crippen LogP contribution in [-0.2, 0) is 21.3 Å². The maximum Gasteiger partial charge on any atom is 0.286 e. The van der Waals surface area contributed by atoms with Crippen molar-refractivity contribution in [1.82, 2.24) is 5.32 Å². The second kappa shape index (κ2) is 8.54. The zero-order valence-electron chi connectivity index (χ0n) is 14.3. The van der Waals surface area contributed by atoms with Crippen LogP contribution in [0.4, 0.5) is 0 Å². The average molecular weight is 384 g/mol. The number of hydrogen-bond donors (Lipinski definition) is 1. The number of furan rings is 1. The average Bonchev–Trinajstić information content (AvgIpc) is 2.96.